The van der Waals surface area contributed by atoms with Gasteiger partial charge in [0, 0.05) is 18.9 Å². The number of amides is 1. The fourth-order valence-electron chi connectivity index (χ4n) is 2.37. The van der Waals surface area contributed by atoms with Crippen LogP contribution in [0.2, 0.25) is 0 Å². The van der Waals surface area contributed by atoms with E-state index in [1.54, 1.807) is 12.3 Å². The zero-order valence-corrected chi connectivity index (χ0v) is 10.5. The minimum absolute atomic E-state index is 0.0550. The van der Waals surface area contributed by atoms with Gasteiger partial charge in [0.1, 0.15) is 6.54 Å². The molecular weight excluding hydrogens is 230 g/mol. The molecule has 18 heavy (non-hydrogen) atoms. The second-order valence-corrected chi connectivity index (χ2v) is 4.84. The molecule has 1 aromatic heterocycles. The standard InChI is InChI=1S/C13H19N3O2/c17-12(10-16-8-4-7-14-13(16)18)15-9-11-5-2-1-3-6-11/h4,7-8,11H,1-3,5-6,9-10H2,(H,15,17). The molecule has 1 amide bonds. The van der Waals surface area contributed by atoms with Crippen molar-refractivity contribution < 1.29 is 4.79 Å². The molecule has 1 fully saturated rings. The van der Waals surface area contributed by atoms with Gasteiger partial charge in [0.05, 0.1) is 0 Å². The van der Waals surface area contributed by atoms with Gasteiger partial charge in [0.15, 0.2) is 0 Å². The van der Waals surface area contributed by atoms with Crippen molar-refractivity contribution in [3.8, 4) is 0 Å². The third-order valence-corrected chi connectivity index (χ3v) is 3.41. The maximum absolute atomic E-state index is 11.7. The average Bonchev–Trinajstić information content (AvgIpc) is 2.40. The second-order valence-electron chi connectivity index (χ2n) is 4.84. The molecule has 1 heterocycles. The first-order chi connectivity index (χ1) is 8.75. The summed E-state index contributed by atoms with van der Waals surface area (Å²) in [5, 5.41) is 2.90. The summed E-state index contributed by atoms with van der Waals surface area (Å²) >= 11 is 0. The van der Waals surface area contributed by atoms with Crippen LogP contribution >= 0.6 is 0 Å². The van der Waals surface area contributed by atoms with E-state index in [-0.39, 0.29) is 18.1 Å². The Morgan fingerprint density at radius 1 is 1.39 bits per heavy atom. The number of aromatic nitrogens is 2. The van der Waals surface area contributed by atoms with Crippen LogP contribution in [0.5, 0.6) is 0 Å². The summed E-state index contributed by atoms with van der Waals surface area (Å²) in [6.45, 7) is 0.785. The van der Waals surface area contributed by atoms with Gasteiger partial charge in [-0.25, -0.2) is 9.78 Å². The zero-order chi connectivity index (χ0) is 12.8. The number of hydrogen-bond donors (Lipinski definition) is 1. The summed E-state index contributed by atoms with van der Waals surface area (Å²) in [6.07, 6.45) is 9.26. The summed E-state index contributed by atoms with van der Waals surface area (Å²) < 4.78 is 1.32. The maximum Gasteiger partial charge on any atom is 0.347 e. The lowest BCUT2D eigenvalue weighted by atomic mass is 9.89. The second kappa shape index (κ2) is 6.33. The molecule has 0 aliphatic heterocycles. The molecule has 0 radical (unpaired) electrons. The predicted octanol–water partition coefficient (Wildman–Crippen LogP) is 0.940. The van der Waals surface area contributed by atoms with Crippen LogP contribution in [-0.2, 0) is 11.3 Å². The lowest BCUT2D eigenvalue weighted by molar-refractivity contribution is -0.122. The minimum Gasteiger partial charge on any atom is -0.354 e. The van der Waals surface area contributed by atoms with E-state index in [0.29, 0.717) is 5.92 Å². The number of nitrogens with one attached hydrogen (secondary N) is 1. The van der Waals surface area contributed by atoms with Crippen molar-refractivity contribution in [2.24, 2.45) is 5.92 Å². The molecule has 0 unspecified atom stereocenters. The average molecular weight is 249 g/mol. The highest BCUT2D eigenvalue weighted by Gasteiger charge is 2.14. The SMILES string of the molecule is O=C(Cn1cccnc1=O)NCC1CCCCC1. The van der Waals surface area contributed by atoms with Gasteiger partial charge in [0.2, 0.25) is 5.91 Å². The van der Waals surface area contributed by atoms with Crippen LogP contribution in [0.1, 0.15) is 32.1 Å². The summed E-state index contributed by atoms with van der Waals surface area (Å²) in [6, 6.07) is 1.65. The van der Waals surface area contributed by atoms with Gasteiger partial charge in [-0.3, -0.25) is 9.36 Å². The van der Waals surface area contributed by atoms with Crippen LogP contribution in [0.25, 0.3) is 0 Å². The van der Waals surface area contributed by atoms with Crippen molar-refractivity contribution in [2.75, 3.05) is 6.54 Å². The van der Waals surface area contributed by atoms with Gasteiger partial charge < -0.3 is 5.32 Å². The number of rotatable bonds is 4. The molecule has 1 aromatic rings. The van der Waals surface area contributed by atoms with Crippen LogP contribution in [0.3, 0.4) is 0 Å². The highest BCUT2D eigenvalue weighted by molar-refractivity contribution is 5.75. The Kier molecular flexibility index (Phi) is 4.50. The van der Waals surface area contributed by atoms with Gasteiger partial charge in [-0.1, -0.05) is 19.3 Å². The normalized spacial score (nSPS) is 16.4. The largest absolute Gasteiger partial charge is 0.354 e. The molecule has 2 rings (SSSR count). The molecule has 5 nitrogen and oxygen atoms in total. The van der Waals surface area contributed by atoms with E-state index in [2.05, 4.69) is 10.3 Å². The van der Waals surface area contributed by atoms with Crippen molar-refractivity contribution >= 4 is 5.91 Å². The molecule has 5 heteroatoms. The monoisotopic (exact) mass is 249 g/mol. The van der Waals surface area contributed by atoms with Crippen LogP contribution < -0.4 is 11.0 Å². The first-order valence-electron chi connectivity index (χ1n) is 6.54. The van der Waals surface area contributed by atoms with Crippen molar-refractivity contribution in [1.29, 1.82) is 0 Å². The van der Waals surface area contributed by atoms with Crippen LogP contribution in [0, 0.1) is 5.92 Å². The third-order valence-electron chi connectivity index (χ3n) is 3.41. The first-order valence-corrected chi connectivity index (χ1v) is 6.54. The van der Waals surface area contributed by atoms with Gasteiger partial charge in [0.25, 0.3) is 0 Å². The van der Waals surface area contributed by atoms with Gasteiger partial charge in [-0.05, 0) is 24.8 Å². The van der Waals surface area contributed by atoms with Crippen molar-refractivity contribution in [3.63, 3.8) is 0 Å². The van der Waals surface area contributed by atoms with Gasteiger partial charge >= 0.3 is 5.69 Å². The van der Waals surface area contributed by atoms with E-state index in [1.807, 2.05) is 0 Å². The summed E-state index contributed by atoms with van der Waals surface area (Å²) in [5.74, 6) is 0.490. The van der Waals surface area contributed by atoms with Crippen LogP contribution in [0.15, 0.2) is 23.3 Å². The molecule has 1 N–H and O–H groups in total. The fraction of sp³-hybridized carbons (Fsp3) is 0.615. The van der Waals surface area contributed by atoms with E-state index < -0.39 is 0 Å². The summed E-state index contributed by atoms with van der Waals surface area (Å²) in [5.41, 5.74) is -0.384. The number of nitrogens with zero attached hydrogens (tertiary/aromatic N) is 2. The highest BCUT2D eigenvalue weighted by atomic mass is 16.2. The molecule has 0 atom stereocenters. The summed E-state index contributed by atoms with van der Waals surface area (Å²) in [4.78, 5) is 26.7. The number of carbonyl (C=O) groups excluding carboxylic acids is 1. The third kappa shape index (κ3) is 3.68. The van der Waals surface area contributed by atoms with Gasteiger partial charge in [-0.15, -0.1) is 0 Å². The van der Waals surface area contributed by atoms with E-state index in [9.17, 15) is 9.59 Å². The molecule has 98 valence electrons. The molecule has 1 aliphatic carbocycles. The van der Waals surface area contributed by atoms with Crippen molar-refractivity contribution in [2.45, 2.75) is 38.6 Å². The number of hydrogen-bond acceptors (Lipinski definition) is 3. The quantitative estimate of drug-likeness (QED) is 0.863. The maximum atomic E-state index is 11.7. The summed E-state index contributed by atoms with van der Waals surface area (Å²) in [7, 11) is 0. The Labute approximate surface area is 106 Å². The Bertz CT molecular complexity index is 450. The Hall–Kier alpha value is -1.65. The van der Waals surface area contributed by atoms with E-state index in [1.165, 1.54) is 42.9 Å². The van der Waals surface area contributed by atoms with E-state index in [4.69, 9.17) is 0 Å². The van der Waals surface area contributed by atoms with Crippen LogP contribution in [0.4, 0.5) is 0 Å². The predicted molar refractivity (Wildman–Crippen MR) is 68.1 cm³/mol. The van der Waals surface area contributed by atoms with Crippen LogP contribution in [-0.4, -0.2) is 22.0 Å². The molecular formula is C13H19N3O2. The van der Waals surface area contributed by atoms with Crippen molar-refractivity contribution in [3.05, 3.63) is 28.9 Å². The molecule has 1 saturated carbocycles. The molecule has 0 spiro atoms. The van der Waals surface area contributed by atoms with E-state index >= 15 is 0 Å². The fourth-order valence-corrected chi connectivity index (χ4v) is 2.37. The Balaban J connectivity index is 1.78. The lowest BCUT2D eigenvalue weighted by Crippen LogP contribution is -2.35. The van der Waals surface area contributed by atoms with E-state index in [0.717, 1.165) is 6.54 Å². The topological polar surface area (TPSA) is 64.0 Å². The van der Waals surface area contributed by atoms with Crippen molar-refractivity contribution in [1.82, 2.24) is 14.9 Å². The first kappa shape index (κ1) is 12.8. The van der Waals surface area contributed by atoms with Gasteiger partial charge in [-0.2, -0.15) is 0 Å². The molecule has 1 aliphatic rings. The number of carbonyl (C=O) groups is 1. The minimum atomic E-state index is -0.384. The molecule has 0 bridgehead atoms. The lowest BCUT2D eigenvalue weighted by Gasteiger charge is -2.21. The Morgan fingerprint density at radius 3 is 2.89 bits per heavy atom. The Morgan fingerprint density at radius 2 is 2.17 bits per heavy atom. The zero-order valence-electron chi connectivity index (χ0n) is 10.5. The smallest absolute Gasteiger partial charge is 0.347 e. The molecule has 0 saturated heterocycles. The highest BCUT2D eigenvalue weighted by Crippen LogP contribution is 2.22. The molecule has 0 aromatic carbocycles.